The van der Waals surface area contributed by atoms with Gasteiger partial charge in [0.2, 0.25) is 0 Å². The Balaban J connectivity index is 1.80. The van der Waals surface area contributed by atoms with Gasteiger partial charge >= 0.3 is 6.18 Å². The van der Waals surface area contributed by atoms with Crippen LogP contribution in [0.3, 0.4) is 0 Å². The number of carbonyl (C=O) groups excluding carboxylic acids is 1. The number of para-hydroxylation sites is 2. The number of nitrogens with one attached hydrogen (secondary N) is 1. The van der Waals surface area contributed by atoms with Gasteiger partial charge in [0.05, 0.1) is 16.9 Å². The van der Waals surface area contributed by atoms with Crippen molar-refractivity contribution in [3.63, 3.8) is 0 Å². The summed E-state index contributed by atoms with van der Waals surface area (Å²) in [5.41, 5.74) is 0.617. The van der Waals surface area contributed by atoms with Crippen molar-refractivity contribution in [3.8, 4) is 0 Å². The van der Waals surface area contributed by atoms with Crippen molar-refractivity contribution in [1.29, 1.82) is 0 Å². The van der Waals surface area contributed by atoms with Gasteiger partial charge in [-0.05, 0) is 37.4 Å². The number of alkyl halides is 3. The molecule has 0 spiro atoms. The maximum Gasteiger partial charge on any atom is 0.416 e. The molecule has 1 saturated heterocycles. The molecule has 1 heterocycles. The summed E-state index contributed by atoms with van der Waals surface area (Å²) in [6, 6.07) is 11.8. The summed E-state index contributed by atoms with van der Waals surface area (Å²) in [7, 11) is 2.05. The number of carbonyl (C=O) groups is 1. The van der Waals surface area contributed by atoms with Crippen LogP contribution in [-0.4, -0.2) is 44.0 Å². The van der Waals surface area contributed by atoms with E-state index in [1.165, 1.54) is 12.1 Å². The normalized spacial score (nSPS) is 15.8. The summed E-state index contributed by atoms with van der Waals surface area (Å²) in [6.07, 6.45) is -4.48. The standard InChI is InChI=1S/C19H20F3N3O/c1-24-9-11-25(12-10-24)17-8-3-2-7-16(17)23-18(26)14-5-4-6-15(13-14)19(20,21)22/h2-8,13H,9-12H2,1H3,(H,23,26). The molecule has 1 amide bonds. The largest absolute Gasteiger partial charge is 0.416 e. The Labute approximate surface area is 150 Å². The maximum absolute atomic E-state index is 12.9. The van der Waals surface area contributed by atoms with Gasteiger partial charge in [-0.15, -0.1) is 0 Å². The molecule has 2 aromatic carbocycles. The minimum absolute atomic E-state index is 0.0204. The van der Waals surface area contributed by atoms with E-state index in [0.29, 0.717) is 5.69 Å². The fourth-order valence-corrected chi connectivity index (χ4v) is 2.93. The molecule has 0 unspecified atom stereocenters. The van der Waals surface area contributed by atoms with Crippen LogP contribution in [0.1, 0.15) is 15.9 Å². The topological polar surface area (TPSA) is 35.6 Å². The first-order chi connectivity index (χ1) is 12.3. The summed E-state index contributed by atoms with van der Waals surface area (Å²) < 4.78 is 38.6. The van der Waals surface area contributed by atoms with Gasteiger partial charge in [0.25, 0.3) is 5.91 Å². The van der Waals surface area contributed by atoms with E-state index in [4.69, 9.17) is 0 Å². The molecule has 2 aromatic rings. The first-order valence-electron chi connectivity index (χ1n) is 8.36. The molecule has 1 aliphatic heterocycles. The third-order valence-electron chi connectivity index (χ3n) is 4.45. The highest BCUT2D eigenvalue weighted by atomic mass is 19.4. The van der Waals surface area contributed by atoms with Crippen LogP contribution in [0, 0.1) is 0 Å². The average Bonchev–Trinajstić information content (AvgIpc) is 2.62. The minimum atomic E-state index is -4.48. The van der Waals surface area contributed by atoms with E-state index in [0.717, 1.165) is 44.0 Å². The zero-order valence-corrected chi connectivity index (χ0v) is 14.4. The van der Waals surface area contributed by atoms with Crippen molar-refractivity contribution in [2.45, 2.75) is 6.18 Å². The second kappa shape index (κ2) is 7.37. The first-order valence-corrected chi connectivity index (χ1v) is 8.36. The van der Waals surface area contributed by atoms with Gasteiger partial charge in [-0.1, -0.05) is 18.2 Å². The van der Waals surface area contributed by atoms with Gasteiger partial charge in [-0.25, -0.2) is 0 Å². The Kier molecular flexibility index (Phi) is 5.18. The van der Waals surface area contributed by atoms with E-state index in [1.807, 2.05) is 12.1 Å². The molecule has 7 heteroatoms. The smallest absolute Gasteiger partial charge is 0.367 e. The number of amides is 1. The summed E-state index contributed by atoms with van der Waals surface area (Å²) in [5.74, 6) is -0.558. The van der Waals surface area contributed by atoms with Gasteiger partial charge in [-0.3, -0.25) is 4.79 Å². The highest BCUT2D eigenvalue weighted by molar-refractivity contribution is 6.06. The highest BCUT2D eigenvalue weighted by Gasteiger charge is 2.31. The van der Waals surface area contributed by atoms with Crippen molar-refractivity contribution in [1.82, 2.24) is 4.90 Å². The van der Waals surface area contributed by atoms with Crippen molar-refractivity contribution in [2.24, 2.45) is 0 Å². The number of nitrogens with zero attached hydrogens (tertiary/aromatic N) is 2. The number of hydrogen-bond acceptors (Lipinski definition) is 3. The van der Waals surface area contributed by atoms with Crippen molar-refractivity contribution in [3.05, 3.63) is 59.7 Å². The number of hydrogen-bond donors (Lipinski definition) is 1. The molecule has 138 valence electrons. The van der Waals surface area contributed by atoms with E-state index in [1.54, 1.807) is 12.1 Å². The predicted octanol–water partition coefficient (Wildman–Crippen LogP) is 3.71. The molecule has 0 atom stereocenters. The quantitative estimate of drug-likeness (QED) is 0.903. The zero-order valence-electron chi connectivity index (χ0n) is 14.4. The van der Waals surface area contributed by atoms with E-state index >= 15 is 0 Å². The molecule has 0 bridgehead atoms. The summed E-state index contributed by atoms with van der Waals surface area (Å²) in [6.45, 7) is 3.48. The Bertz CT molecular complexity index is 784. The van der Waals surface area contributed by atoms with E-state index < -0.39 is 17.6 Å². The maximum atomic E-state index is 12.9. The molecular formula is C19H20F3N3O. The van der Waals surface area contributed by atoms with Crippen LogP contribution in [0.5, 0.6) is 0 Å². The van der Waals surface area contributed by atoms with Crippen molar-refractivity contribution < 1.29 is 18.0 Å². The van der Waals surface area contributed by atoms with Crippen LogP contribution >= 0.6 is 0 Å². The monoisotopic (exact) mass is 363 g/mol. The molecular weight excluding hydrogens is 343 g/mol. The lowest BCUT2D eigenvalue weighted by molar-refractivity contribution is -0.137. The number of piperazine rings is 1. The molecule has 1 N–H and O–H groups in total. The fraction of sp³-hybridized carbons (Fsp3) is 0.316. The van der Waals surface area contributed by atoms with Gasteiger partial charge in [0.1, 0.15) is 0 Å². The second-order valence-corrected chi connectivity index (χ2v) is 6.34. The van der Waals surface area contributed by atoms with Gasteiger partial charge in [0, 0.05) is 31.7 Å². The third-order valence-corrected chi connectivity index (χ3v) is 4.45. The minimum Gasteiger partial charge on any atom is -0.367 e. The molecule has 26 heavy (non-hydrogen) atoms. The number of rotatable bonds is 3. The van der Waals surface area contributed by atoms with Crippen LogP contribution < -0.4 is 10.2 Å². The summed E-state index contributed by atoms with van der Waals surface area (Å²) >= 11 is 0. The van der Waals surface area contributed by atoms with Gasteiger partial charge < -0.3 is 15.1 Å². The molecule has 0 aromatic heterocycles. The second-order valence-electron chi connectivity index (χ2n) is 6.34. The number of likely N-dealkylation sites (N-methyl/N-ethyl adjacent to an activating group) is 1. The van der Waals surface area contributed by atoms with Crippen LogP contribution in [-0.2, 0) is 6.18 Å². The van der Waals surface area contributed by atoms with Crippen LogP contribution in [0.15, 0.2) is 48.5 Å². The van der Waals surface area contributed by atoms with E-state index in [-0.39, 0.29) is 5.56 Å². The van der Waals surface area contributed by atoms with Gasteiger partial charge in [-0.2, -0.15) is 13.2 Å². The first kappa shape index (κ1) is 18.3. The molecule has 4 nitrogen and oxygen atoms in total. The predicted molar refractivity (Wildman–Crippen MR) is 95.5 cm³/mol. The summed E-state index contributed by atoms with van der Waals surface area (Å²) in [5, 5.41) is 2.75. The lowest BCUT2D eigenvalue weighted by atomic mass is 10.1. The van der Waals surface area contributed by atoms with Gasteiger partial charge in [0.15, 0.2) is 0 Å². The lowest BCUT2D eigenvalue weighted by Crippen LogP contribution is -2.44. The summed E-state index contributed by atoms with van der Waals surface area (Å²) in [4.78, 5) is 16.9. The average molecular weight is 363 g/mol. The van der Waals surface area contributed by atoms with Crippen LogP contribution in [0.25, 0.3) is 0 Å². The molecule has 0 radical (unpaired) electrons. The van der Waals surface area contributed by atoms with Crippen molar-refractivity contribution >= 4 is 17.3 Å². The Morgan fingerprint density at radius 3 is 2.38 bits per heavy atom. The van der Waals surface area contributed by atoms with Crippen LogP contribution in [0.2, 0.25) is 0 Å². The van der Waals surface area contributed by atoms with E-state index in [2.05, 4.69) is 22.2 Å². The Hall–Kier alpha value is -2.54. The van der Waals surface area contributed by atoms with E-state index in [9.17, 15) is 18.0 Å². The molecule has 0 saturated carbocycles. The zero-order chi connectivity index (χ0) is 18.7. The molecule has 1 fully saturated rings. The Morgan fingerprint density at radius 2 is 1.69 bits per heavy atom. The number of anilines is 2. The Morgan fingerprint density at radius 1 is 1.00 bits per heavy atom. The third kappa shape index (κ3) is 4.16. The van der Waals surface area contributed by atoms with Crippen molar-refractivity contribution in [2.75, 3.05) is 43.4 Å². The fourth-order valence-electron chi connectivity index (χ4n) is 2.93. The molecule has 0 aliphatic carbocycles. The van der Waals surface area contributed by atoms with Crippen LogP contribution in [0.4, 0.5) is 24.5 Å². The molecule has 1 aliphatic rings. The number of benzene rings is 2. The molecule has 3 rings (SSSR count). The number of halogens is 3. The lowest BCUT2D eigenvalue weighted by Gasteiger charge is -2.35. The highest BCUT2D eigenvalue weighted by Crippen LogP contribution is 2.30. The SMILES string of the molecule is CN1CCN(c2ccccc2NC(=O)c2cccc(C(F)(F)F)c2)CC1.